The molecular weight excluding hydrogens is 336 g/mol. The number of ether oxygens (including phenoxy) is 1. The molecule has 0 saturated heterocycles. The van der Waals surface area contributed by atoms with Crippen molar-refractivity contribution in [3.05, 3.63) is 52.2 Å². The Labute approximate surface area is 149 Å². The van der Waals surface area contributed by atoms with Gasteiger partial charge in [0.15, 0.2) is 0 Å². The molecule has 0 fully saturated rings. The van der Waals surface area contributed by atoms with E-state index in [1.165, 1.54) is 10.8 Å². The lowest BCUT2D eigenvalue weighted by Crippen LogP contribution is -2.33. The number of benzene rings is 1. The molecule has 0 aliphatic rings. The molecule has 9 nitrogen and oxygen atoms in total. The molecule has 0 atom stereocenters. The van der Waals surface area contributed by atoms with E-state index >= 15 is 0 Å². The molecule has 3 aromatic rings. The normalized spacial score (nSPS) is 10.7. The zero-order chi connectivity index (χ0) is 18.5. The first-order valence-electron chi connectivity index (χ1n) is 8.25. The van der Waals surface area contributed by atoms with Crippen LogP contribution in [-0.2, 0) is 13.0 Å². The number of aryl methyl sites for hydroxylation is 1. The Hall–Kier alpha value is -3.36. The van der Waals surface area contributed by atoms with Crippen LogP contribution in [-0.4, -0.2) is 32.7 Å². The quantitative estimate of drug-likeness (QED) is 0.622. The number of rotatable bonds is 6. The van der Waals surface area contributed by atoms with Crippen LogP contribution >= 0.6 is 0 Å². The van der Waals surface area contributed by atoms with Gasteiger partial charge in [0.1, 0.15) is 17.8 Å². The van der Waals surface area contributed by atoms with Crippen LogP contribution in [0.4, 0.5) is 10.5 Å². The van der Waals surface area contributed by atoms with Gasteiger partial charge in [-0.2, -0.15) is 4.52 Å². The maximum Gasteiger partial charge on any atom is 0.319 e. The number of urea groups is 1. The molecule has 0 saturated carbocycles. The van der Waals surface area contributed by atoms with Crippen LogP contribution < -0.4 is 20.9 Å². The highest BCUT2D eigenvalue weighted by molar-refractivity contribution is 5.89. The zero-order valence-corrected chi connectivity index (χ0v) is 14.6. The summed E-state index contributed by atoms with van der Waals surface area (Å²) in [7, 11) is 1.58. The number of methoxy groups -OCH3 is 1. The number of H-pyrrole nitrogens is 1. The minimum absolute atomic E-state index is 0.150. The monoisotopic (exact) mass is 356 g/mol. The lowest BCUT2D eigenvalue weighted by atomic mass is 10.2. The van der Waals surface area contributed by atoms with E-state index in [0.29, 0.717) is 24.4 Å². The Morgan fingerprint density at radius 3 is 3.00 bits per heavy atom. The fourth-order valence-corrected chi connectivity index (χ4v) is 2.57. The van der Waals surface area contributed by atoms with Crippen LogP contribution in [0, 0.1) is 0 Å². The van der Waals surface area contributed by atoms with E-state index < -0.39 is 11.6 Å². The number of fused-ring (bicyclic) bond motifs is 1. The number of aromatic amines is 1. The maximum absolute atomic E-state index is 12.6. The SMILES string of the molecule is CCCc1nc2nc[nH]n2c(=O)c1NC(=O)NCc1cccc(OC)c1. The molecule has 2 heterocycles. The van der Waals surface area contributed by atoms with Crippen molar-refractivity contribution in [3.8, 4) is 5.75 Å². The van der Waals surface area contributed by atoms with Crippen molar-refractivity contribution in [2.75, 3.05) is 12.4 Å². The second-order valence-corrected chi connectivity index (χ2v) is 5.67. The van der Waals surface area contributed by atoms with E-state index in [0.717, 1.165) is 12.0 Å². The summed E-state index contributed by atoms with van der Waals surface area (Å²) >= 11 is 0. The van der Waals surface area contributed by atoms with Gasteiger partial charge in [-0.3, -0.25) is 9.89 Å². The molecule has 0 spiro atoms. The molecular formula is C17H20N6O3. The number of hydrogen-bond acceptors (Lipinski definition) is 5. The van der Waals surface area contributed by atoms with E-state index in [9.17, 15) is 9.59 Å². The molecule has 3 N–H and O–H groups in total. The predicted molar refractivity (Wildman–Crippen MR) is 96.5 cm³/mol. The van der Waals surface area contributed by atoms with Crippen molar-refractivity contribution in [3.63, 3.8) is 0 Å². The van der Waals surface area contributed by atoms with Crippen LogP contribution in [0.2, 0.25) is 0 Å². The first-order chi connectivity index (χ1) is 12.6. The number of amides is 2. The lowest BCUT2D eigenvalue weighted by molar-refractivity contribution is 0.251. The summed E-state index contributed by atoms with van der Waals surface area (Å²) in [6.07, 6.45) is 2.73. The minimum Gasteiger partial charge on any atom is -0.497 e. The smallest absolute Gasteiger partial charge is 0.319 e. The maximum atomic E-state index is 12.6. The number of nitrogens with one attached hydrogen (secondary N) is 3. The number of hydrogen-bond donors (Lipinski definition) is 3. The van der Waals surface area contributed by atoms with Gasteiger partial charge in [0.2, 0.25) is 0 Å². The minimum atomic E-state index is -0.483. The van der Waals surface area contributed by atoms with Gasteiger partial charge in [-0.05, 0) is 24.1 Å². The molecule has 0 aliphatic carbocycles. The van der Waals surface area contributed by atoms with Gasteiger partial charge in [-0.15, -0.1) is 0 Å². The number of carbonyl (C=O) groups excluding carboxylic acids is 1. The molecule has 26 heavy (non-hydrogen) atoms. The molecule has 0 unspecified atom stereocenters. The topological polar surface area (TPSA) is 113 Å². The summed E-state index contributed by atoms with van der Waals surface area (Å²) in [5.74, 6) is 0.989. The van der Waals surface area contributed by atoms with Gasteiger partial charge in [0.05, 0.1) is 12.8 Å². The first kappa shape index (κ1) is 17.5. The van der Waals surface area contributed by atoms with E-state index in [1.54, 1.807) is 7.11 Å². The third-order valence-electron chi connectivity index (χ3n) is 3.82. The summed E-state index contributed by atoms with van der Waals surface area (Å²) in [4.78, 5) is 33.2. The van der Waals surface area contributed by atoms with Gasteiger partial charge in [-0.25, -0.2) is 14.8 Å². The number of anilines is 1. The largest absolute Gasteiger partial charge is 0.497 e. The molecule has 1 aromatic carbocycles. The highest BCUT2D eigenvalue weighted by Crippen LogP contribution is 2.13. The predicted octanol–water partition coefficient (Wildman–Crippen LogP) is 1.70. The van der Waals surface area contributed by atoms with Gasteiger partial charge in [0.25, 0.3) is 11.3 Å². The van der Waals surface area contributed by atoms with Gasteiger partial charge in [0, 0.05) is 6.54 Å². The Kier molecular flexibility index (Phi) is 5.16. The molecule has 136 valence electrons. The summed E-state index contributed by atoms with van der Waals surface area (Å²) in [6, 6.07) is 6.89. The lowest BCUT2D eigenvalue weighted by Gasteiger charge is -2.11. The van der Waals surface area contributed by atoms with Crippen molar-refractivity contribution in [1.29, 1.82) is 0 Å². The van der Waals surface area contributed by atoms with E-state index in [1.807, 2.05) is 31.2 Å². The highest BCUT2D eigenvalue weighted by Gasteiger charge is 2.16. The summed E-state index contributed by atoms with van der Waals surface area (Å²) in [5, 5.41) is 8.04. The fraction of sp³-hybridized carbons (Fsp3) is 0.294. The Morgan fingerprint density at radius 1 is 1.38 bits per heavy atom. The van der Waals surface area contributed by atoms with Crippen LogP contribution in [0.25, 0.3) is 5.78 Å². The third kappa shape index (κ3) is 3.66. The van der Waals surface area contributed by atoms with E-state index in [2.05, 4.69) is 25.7 Å². The number of carbonyl (C=O) groups is 1. The third-order valence-corrected chi connectivity index (χ3v) is 3.82. The second-order valence-electron chi connectivity index (χ2n) is 5.67. The van der Waals surface area contributed by atoms with E-state index in [-0.39, 0.29) is 11.5 Å². The highest BCUT2D eigenvalue weighted by atomic mass is 16.5. The van der Waals surface area contributed by atoms with Crippen LogP contribution in [0.1, 0.15) is 24.6 Å². The molecule has 0 aliphatic heterocycles. The molecule has 2 amide bonds. The zero-order valence-electron chi connectivity index (χ0n) is 14.6. The average Bonchev–Trinajstić information content (AvgIpc) is 3.12. The van der Waals surface area contributed by atoms with Crippen molar-refractivity contribution in [1.82, 2.24) is 24.9 Å². The van der Waals surface area contributed by atoms with Crippen molar-refractivity contribution >= 4 is 17.5 Å². The van der Waals surface area contributed by atoms with E-state index in [4.69, 9.17) is 4.74 Å². The second kappa shape index (κ2) is 7.68. The number of aromatic nitrogens is 4. The van der Waals surface area contributed by atoms with Crippen LogP contribution in [0.3, 0.4) is 0 Å². The number of nitrogens with zero attached hydrogens (tertiary/aromatic N) is 3. The Morgan fingerprint density at radius 2 is 2.23 bits per heavy atom. The van der Waals surface area contributed by atoms with Gasteiger partial charge < -0.3 is 15.4 Å². The summed E-state index contributed by atoms with van der Waals surface area (Å²) in [5.41, 5.74) is 1.15. The fourth-order valence-electron chi connectivity index (χ4n) is 2.57. The van der Waals surface area contributed by atoms with Crippen molar-refractivity contribution < 1.29 is 9.53 Å². The van der Waals surface area contributed by atoms with Crippen molar-refractivity contribution in [2.24, 2.45) is 0 Å². The van der Waals surface area contributed by atoms with Crippen LogP contribution in [0.15, 0.2) is 35.4 Å². The summed E-state index contributed by atoms with van der Waals surface area (Å²) < 4.78 is 6.35. The van der Waals surface area contributed by atoms with Gasteiger partial charge in [-0.1, -0.05) is 25.5 Å². The molecule has 9 heteroatoms. The summed E-state index contributed by atoms with van der Waals surface area (Å²) in [6.45, 7) is 2.27. The molecule has 0 bridgehead atoms. The average molecular weight is 356 g/mol. The molecule has 0 radical (unpaired) electrons. The molecule has 2 aromatic heterocycles. The standard InChI is InChI=1S/C17H20N6O3/c1-3-5-13-14(15(24)23-16(21-13)19-10-20-23)22-17(25)18-9-11-6-4-7-12(8-11)26-2/h4,6-8,10H,3,5,9H2,1-2H3,(H2,18,22,25)(H,19,20,21). The van der Waals surface area contributed by atoms with Crippen LogP contribution in [0.5, 0.6) is 5.75 Å². The van der Waals surface area contributed by atoms with Gasteiger partial charge >= 0.3 is 6.03 Å². The first-order valence-corrected chi connectivity index (χ1v) is 8.25. The Bertz CT molecular complexity index is 978. The Balaban J connectivity index is 1.76. The van der Waals surface area contributed by atoms with Crippen molar-refractivity contribution in [2.45, 2.75) is 26.3 Å². The molecule has 3 rings (SSSR count).